The third kappa shape index (κ3) is 5.27. The molecule has 2 fully saturated rings. The van der Waals surface area contributed by atoms with Crippen LogP contribution in [0.25, 0.3) is 0 Å². The summed E-state index contributed by atoms with van der Waals surface area (Å²) in [6.45, 7) is 3.86. The van der Waals surface area contributed by atoms with Gasteiger partial charge in [-0.2, -0.15) is 0 Å². The van der Waals surface area contributed by atoms with Crippen LogP contribution < -0.4 is 10.6 Å². The second-order valence-electron chi connectivity index (χ2n) is 10.5. The highest BCUT2D eigenvalue weighted by Gasteiger charge is 2.44. The topological polar surface area (TPSA) is 67.8 Å². The zero-order chi connectivity index (χ0) is 24.4. The third-order valence-electron chi connectivity index (χ3n) is 8.33. The number of nitrogens with one attached hydrogen (secondary N) is 2. The minimum atomic E-state index is -0.305. The van der Waals surface area contributed by atoms with Gasteiger partial charge in [-0.3, -0.25) is 9.69 Å². The first-order valence-corrected chi connectivity index (χ1v) is 13.3. The molecule has 1 amide bonds. The molecule has 35 heavy (non-hydrogen) atoms. The first-order chi connectivity index (χ1) is 16.9. The Morgan fingerprint density at radius 1 is 1.17 bits per heavy atom. The largest absolute Gasteiger partial charge is 0.392 e. The molecule has 7 heteroatoms. The van der Waals surface area contributed by atoms with Crippen molar-refractivity contribution in [2.75, 3.05) is 39.8 Å². The Hall–Kier alpha value is -1.96. The minimum Gasteiger partial charge on any atom is -0.392 e. The lowest BCUT2D eigenvalue weighted by Crippen LogP contribution is -2.58. The van der Waals surface area contributed by atoms with Crippen LogP contribution in [0.1, 0.15) is 36.0 Å². The second-order valence-corrected chi connectivity index (χ2v) is 10.9. The lowest BCUT2D eigenvalue weighted by molar-refractivity contribution is -0.136. The lowest BCUT2D eigenvalue weighted by atomic mass is 9.74. The van der Waals surface area contributed by atoms with Crippen molar-refractivity contribution in [2.45, 2.75) is 55.8 Å². The van der Waals surface area contributed by atoms with Crippen molar-refractivity contribution in [3.63, 3.8) is 0 Å². The van der Waals surface area contributed by atoms with Gasteiger partial charge in [-0.05, 0) is 68.0 Å². The fraction of sp³-hybridized carbons (Fsp3) is 0.536. The number of hydrogen-bond donors (Lipinski definition) is 3. The monoisotopic (exact) mass is 496 g/mol. The van der Waals surface area contributed by atoms with Crippen LogP contribution in [0.5, 0.6) is 0 Å². The fourth-order valence-corrected chi connectivity index (χ4v) is 6.34. The number of halogens is 1. The summed E-state index contributed by atoms with van der Waals surface area (Å²) in [6, 6.07) is 16.5. The zero-order valence-corrected chi connectivity index (χ0v) is 21.3. The van der Waals surface area contributed by atoms with E-state index in [9.17, 15) is 9.90 Å². The van der Waals surface area contributed by atoms with Crippen LogP contribution >= 0.6 is 11.6 Å². The van der Waals surface area contributed by atoms with Gasteiger partial charge in [0.05, 0.1) is 12.1 Å². The number of nitrogens with zero attached hydrogens (tertiary/aromatic N) is 2. The highest BCUT2D eigenvalue weighted by Crippen LogP contribution is 2.42. The van der Waals surface area contributed by atoms with Crippen LogP contribution in [0.3, 0.4) is 0 Å². The number of likely N-dealkylation sites (tertiary alicyclic amines) is 1. The maximum atomic E-state index is 13.8. The molecule has 188 valence electrons. The Labute approximate surface area is 213 Å². The van der Waals surface area contributed by atoms with Gasteiger partial charge in [0, 0.05) is 49.3 Å². The smallest absolute Gasteiger partial charge is 0.240 e. The number of carbonyl (C=O) groups excluding carboxylic acids is 1. The molecule has 3 N–H and O–H groups in total. The fourth-order valence-electron chi connectivity index (χ4n) is 6.21. The van der Waals surface area contributed by atoms with Crippen LogP contribution in [0.15, 0.2) is 48.5 Å². The van der Waals surface area contributed by atoms with Crippen LogP contribution in [-0.2, 0) is 23.2 Å². The van der Waals surface area contributed by atoms with Gasteiger partial charge >= 0.3 is 0 Å². The number of β-amino-alcohol motifs (C(OH)–C–C–N with tert-alkyl or cyclic N) is 1. The van der Waals surface area contributed by atoms with E-state index in [-0.39, 0.29) is 29.6 Å². The van der Waals surface area contributed by atoms with E-state index in [4.69, 9.17) is 11.6 Å². The van der Waals surface area contributed by atoms with Crippen molar-refractivity contribution in [2.24, 2.45) is 0 Å². The van der Waals surface area contributed by atoms with Crippen molar-refractivity contribution >= 4 is 17.5 Å². The average Bonchev–Trinajstić information content (AvgIpc) is 3.30. The standard InChI is InChI=1S/C28H37ClN4O2/c1-32-13-10-21-4-2-3-5-25(21)28(32)11-14-33(15-12-28)27(35)26(16-20-6-8-22(29)9-7-20)31-18-23-17-24(34)19-30-23/h2-9,23-24,26,30-31,34H,10-19H2,1H3/t23-,24?,26+/m0/s1. The SMILES string of the molecule is CN1CCc2ccccc2C12CCN(C(=O)[C@@H](Cc1ccc(Cl)cc1)NC[C@@H]1CC(O)CN1)CC2. The lowest BCUT2D eigenvalue weighted by Gasteiger charge is -2.51. The maximum absolute atomic E-state index is 13.8. The summed E-state index contributed by atoms with van der Waals surface area (Å²) in [6.07, 6.45) is 4.03. The first kappa shape index (κ1) is 24.7. The van der Waals surface area contributed by atoms with Crippen molar-refractivity contribution < 1.29 is 9.90 Å². The maximum Gasteiger partial charge on any atom is 0.240 e. The van der Waals surface area contributed by atoms with Gasteiger partial charge < -0.3 is 20.6 Å². The molecular formula is C28H37ClN4O2. The van der Waals surface area contributed by atoms with E-state index in [1.807, 2.05) is 24.3 Å². The molecule has 3 aliphatic rings. The number of aliphatic hydroxyl groups is 1. The molecule has 5 rings (SSSR count). The number of piperidine rings is 1. The number of amides is 1. The van der Waals surface area contributed by atoms with E-state index in [0.717, 1.165) is 44.5 Å². The molecule has 1 unspecified atom stereocenters. The number of aliphatic hydroxyl groups excluding tert-OH is 1. The Morgan fingerprint density at radius 2 is 1.91 bits per heavy atom. The summed E-state index contributed by atoms with van der Waals surface area (Å²) in [5, 5.41) is 17.4. The number of benzene rings is 2. The highest BCUT2D eigenvalue weighted by molar-refractivity contribution is 6.30. The van der Waals surface area contributed by atoms with Crippen LogP contribution in [0.2, 0.25) is 5.02 Å². The normalized spacial score (nSPS) is 24.9. The number of fused-ring (bicyclic) bond motifs is 2. The highest BCUT2D eigenvalue weighted by atomic mass is 35.5. The molecule has 2 saturated heterocycles. The summed E-state index contributed by atoms with van der Waals surface area (Å²) in [5.74, 6) is 0.167. The molecule has 1 spiro atoms. The van der Waals surface area contributed by atoms with Crippen LogP contribution in [0, 0.1) is 0 Å². The van der Waals surface area contributed by atoms with E-state index in [1.54, 1.807) is 0 Å². The second kappa shape index (κ2) is 10.6. The number of hydrogen-bond acceptors (Lipinski definition) is 5. The Balaban J connectivity index is 1.29. The molecule has 0 saturated carbocycles. The zero-order valence-electron chi connectivity index (χ0n) is 20.5. The van der Waals surface area contributed by atoms with E-state index in [0.29, 0.717) is 31.0 Å². The molecule has 0 bridgehead atoms. The van der Waals surface area contributed by atoms with Gasteiger partial charge in [-0.25, -0.2) is 0 Å². The first-order valence-electron chi connectivity index (χ1n) is 12.9. The summed E-state index contributed by atoms with van der Waals surface area (Å²) in [4.78, 5) is 18.4. The summed E-state index contributed by atoms with van der Waals surface area (Å²) in [7, 11) is 2.24. The van der Waals surface area contributed by atoms with E-state index < -0.39 is 0 Å². The molecule has 3 atom stereocenters. The predicted molar refractivity (Wildman–Crippen MR) is 140 cm³/mol. The third-order valence-corrected chi connectivity index (χ3v) is 8.58. The van der Waals surface area contributed by atoms with Crippen molar-refractivity contribution in [3.8, 4) is 0 Å². The minimum absolute atomic E-state index is 0.0225. The molecule has 3 aliphatic heterocycles. The van der Waals surface area contributed by atoms with Gasteiger partial charge in [0.1, 0.15) is 0 Å². The quantitative estimate of drug-likeness (QED) is 0.573. The van der Waals surface area contributed by atoms with Gasteiger partial charge in [0.15, 0.2) is 0 Å². The van der Waals surface area contributed by atoms with Crippen molar-refractivity contribution in [1.82, 2.24) is 20.4 Å². The van der Waals surface area contributed by atoms with Crippen LogP contribution in [-0.4, -0.2) is 78.8 Å². The van der Waals surface area contributed by atoms with Crippen LogP contribution in [0.4, 0.5) is 0 Å². The molecule has 2 aromatic rings. The van der Waals surface area contributed by atoms with Gasteiger partial charge in [0.25, 0.3) is 0 Å². The Morgan fingerprint density at radius 3 is 2.63 bits per heavy atom. The van der Waals surface area contributed by atoms with E-state index >= 15 is 0 Å². The molecular weight excluding hydrogens is 460 g/mol. The molecule has 6 nitrogen and oxygen atoms in total. The van der Waals surface area contributed by atoms with E-state index in [2.05, 4.69) is 51.7 Å². The Bertz CT molecular complexity index is 1020. The number of rotatable bonds is 6. The summed E-state index contributed by atoms with van der Waals surface area (Å²) < 4.78 is 0. The molecule has 3 heterocycles. The Kier molecular flexibility index (Phi) is 7.47. The van der Waals surface area contributed by atoms with Crippen molar-refractivity contribution in [3.05, 3.63) is 70.2 Å². The predicted octanol–water partition coefficient (Wildman–Crippen LogP) is 2.57. The average molecular weight is 497 g/mol. The molecule has 2 aromatic carbocycles. The van der Waals surface area contributed by atoms with Gasteiger partial charge in [-0.1, -0.05) is 48.0 Å². The molecule has 0 aromatic heterocycles. The number of carbonyl (C=O) groups is 1. The molecule has 0 radical (unpaired) electrons. The van der Waals surface area contributed by atoms with E-state index in [1.165, 1.54) is 11.1 Å². The summed E-state index contributed by atoms with van der Waals surface area (Å²) >= 11 is 6.09. The van der Waals surface area contributed by atoms with Crippen molar-refractivity contribution in [1.29, 1.82) is 0 Å². The summed E-state index contributed by atoms with van der Waals surface area (Å²) in [5.41, 5.74) is 4.02. The number of likely N-dealkylation sites (N-methyl/N-ethyl adjacent to an activating group) is 1. The van der Waals surface area contributed by atoms with Gasteiger partial charge in [0.2, 0.25) is 5.91 Å². The van der Waals surface area contributed by atoms with Gasteiger partial charge in [-0.15, -0.1) is 0 Å². The molecule has 0 aliphatic carbocycles.